The molecule has 3 aliphatic rings. The molecule has 2 fully saturated rings. The minimum Gasteiger partial charge on any atom is -0.494 e. The van der Waals surface area contributed by atoms with Gasteiger partial charge < -0.3 is 9.64 Å². The summed E-state index contributed by atoms with van der Waals surface area (Å²) in [6.07, 6.45) is 8.20. The molecule has 37 heavy (non-hydrogen) atoms. The van der Waals surface area contributed by atoms with Gasteiger partial charge in [0.2, 0.25) is 5.91 Å². The van der Waals surface area contributed by atoms with Crippen molar-refractivity contribution in [1.29, 1.82) is 0 Å². The largest absolute Gasteiger partial charge is 0.494 e. The minimum absolute atomic E-state index is 0.0673. The van der Waals surface area contributed by atoms with Gasteiger partial charge in [-0.1, -0.05) is 25.1 Å². The van der Waals surface area contributed by atoms with Crippen LogP contribution in [0.25, 0.3) is 33.5 Å². The highest BCUT2D eigenvalue weighted by molar-refractivity contribution is 5.93. The zero-order chi connectivity index (χ0) is 25.1. The molecule has 4 aromatic rings. The molecule has 7 rings (SSSR count). The molecule has 9 heteroatoms. The number of carbonyl (C=O) groups is 1. The van der Waals surface area contributed by atoms with Crippen LogP contribution in [0.3, 0.4) is 0 Å². The summed E-state index contributed by atoms with van der Waals surface area (Å²) in [7, 11) is 1.69. The SMILES string of the molecule is CCN1CCC1C(=O)N1CC(n2cc(-c3n[nH]c4cc(OC)c(-c5cccc6c5CCC6)nc34)cn2)C1. The zero-order valence-electron chi connectivity index (χ0n) is 21.3. The Morgan fingerprint density at radius 2 is 2.11 bits per heavy atom. The molecule has 1 unspecified atom stereocenters. The smallest absolute Gasteiger partial charge is 0.240 e. The van der Waals surface area contributed by atoms with Gasteiger partial charge in [0.1, 0.15) is 22.7 Å². The van der Waals surface area contributed by atoms with Gasteiger partial charge in [-0.25, -0.2) is 4.98 Å². The van der Waals surface area contributed by atoms with E-state index in [2.05, 4.69) is 45.3 Å². The Bertz CT molecular complexity index is 1500. The number of amides is 1. The van der Waals surface area contributed by atoms with Crippen LogP contribution >= 0.6 is 0 Å². The topological polar surface area (TPSA) is 92.2 Å². The highest BCUT2D eigenvalue weighted by atomic mass is 16.5. The maximum absolute atomic E-state index is 12.8. The van der Waals surface area contributed by atoms with Gasteiger partial charge in [-0.3, -0.25) is 19.5 Å². The minimum atomic E-state index is 0.0673. The van der Waals surface area contributed by atoms with Gasteiger partial charge in [-0.2, -0.15) is 10.2 Å². The van der Waals surface area contributed by atoms with Gasteiger partial charge in [0, 0.05) is 43.0 Å². The first-order valence-electron chi connectivity index (χ1n) is 13.3. The summed E-state index contributed by atoms with van der Waals surface area (Å²) in [4.78, 5) is 22.1. The number of H-pyrrole nitrogens is 1. The van der Waals surface area contributed by atoms with E-state index in [1.807, 2.05) is 28.0 Å². The maximum atomic E-state index is 12.8. The molecule has 3 aromatic heterocycles. The molecule has 0 radical (unpaired) electrons. The molecule has 1 amide bonds. The molecule has 1 N–H and O–H groups in total. The Hall–Kier alpha value is -3.72. The maximum Gasteiger partial charge on any atom is 0.240 e. The van der Waals surface area contributed by atoms with Gasteiger partial charge in [0.05, 0.1) is 30.9 Å². The number of nitrogens with zero attached hydrogens (tertiary/aromatic N) is 6. The predicted octanol–water partition coefficient (Wildman–Crippen LogP) is 3.46. The summed E-state index contributed by atoms with van der Waals surface area (Å²) in [5.74, 6) is 0.999. The molecule has 9 nitrogen and oxygen atoms in total. The number of likely N-dealkylation sites (tertiary alicyclic amines) is 2. The van der Waals surface area contributed by atoms with Crippen LogP contribution in [0.5, 0.6) is 5.75 Å². The lowest BCUT2D eigenvalue weighted by atomic mass is 9.99. The first-order chi connectivity index (χ1) is 18.1. The summed E-state index contributed by atoms with van der Waals surface area (Å²) in [6, 6.07) is 8.72. The summed E-state index contributed by atoms with van der Waals surface area (Å²) in [6.45, 7) is 5.48. The van der Waals surface area contributed by atoms with Crippen LogP contribution in [0.2, 0.25) is 0 Å². The number of nitrogens with one attached hydrogen (secondary N) is 1. The molecule has 0 bridgehead atoms. The molecule has 0 saturated carbocycles. The number of pyridine rings is 1. The number of rotatable bonds is 6. The fourth-order valence-corrected chi connectivity index (χ4v) is 6.09. The van der Waals surface area contributed by atoms with Crippen LogP contribution in [0, 0.1) is 0 Å². The number of methoxy groups -OCH3 is 1. The number of aromatic amines is 1. The average molecular weight is 498 g/mol. The van der Waals surface area contributed by atoms with Crippen molar-refractivity contribution in [2.45, 2.75) is 44.7 Å². The number of hydrogen-bond donors (Lipinski definition) is 1. The molecule has 1 aromatic carbocycles. The Kier molecular flexibility index (Phi) is 5.28. The van der Waals surface area contributed by atoms with E-state index in [4.69, 9.17) is 9.72 Å². The fourth-order valence-electron chi connectivity index (χ4n) is 6.09. The number of fused-ring (bicyclic) bond motifs is 2. The van der Waals surface area contributed by atoms with Gasteiger partial charge in [0.15, 0.2) is 0 Å². The second-order valence-electron chi connectivity index (χ2n) is 10.3. The highest BCUT2D eigenvalue weighted by Crippen LogP contribution is 2.39. The van der Waals surface area contributed by atoms with Crippen molar-refractivity contribution in [2.75, 3.05) is 33.3 Å². The molecular formula is C28H31N7O2. The van der Waals surface area contributed by atoms with E-state index in [1.165, 1.54) is 17.5 Å². The van der Waals surface area contributed by atoms with Crippen molar-refractivity contribution in [3.05, 3.63) is 47.8 Å². The lowest BCUT2D eigenvalue weighted by Crippen LogP contribution is -2.61. The van der Waals surface area contributed by atoms with Crippen LogP contribution in [-0.2, 0) is 17.6 Å². The number of aromatic nitrogens is 5. The number of ether oxygens (including phenoxy) is 1. The van der Waals surface area contributed by atoms with Crippen LogP contribution in [0.1, 0.15) is 36.9 Å². The molecule has 1 aliphatic carbocycles. The summed E-state index contributed by atoms with van der Waals surface area (Å²) >= 11 is 0. The third-order valence-electron chi connectivity index (χ3n) is 8.37. The average Bonchev–Trinajstić information content (AvgIpc) is 3.61. The van der Waals surface area contributed by atoms with Crippen molar-refractivity contribution in [3.8, 4) is 28.3 Å². The summed E-state index contributed by atoms with van der Waals surface area (Å²) < 4.78 is 7.72. The van der Waals surface area contributed by atoms with E-state index in [-0.39, 0.29) is 18.0 Å². The number of hydrogen-bond acceptors (Lipinski definition) is 6. The van der Waals surface area contributed by atoms with Crippen LogP contribution in [0.4, 0.5) is 0 Å². The van der Waals surface area contributed by atoms with Gasteiger partial charge in [-0.05, 0) is 43.4 Å². The monoisotopic (exact) mass is 497 g/mol. The van der Waals surface area contributed by atoms with Crippen LogP contribution in [-0.4, -0.2) is 80.0 Å². The highest BCUT2D eigenvalue weighted by Gasteiger charge is 2.41. The predicted molar refractivity (Wildman–Crippen MR) is 140 cm³/mol. The molecule has 0 spiro atoms. The lowest BCUT2D eigenvalue weighted by molar-refractivity contribution is -0.147. The molecular weight excluding hydrogens is 466 g/mol. The Labute approximate surface area is 215 Å². The first-order valence-corrected chi connectivity index (χ1v) is 13.3. The van der Waals surface area contributed by atoms with Gasteiger partial charge in [-0.15, -0.1) is 0 Å². The number of aryl methyl sites for hydroxylation is 1. The Morgan fingerprint density at radius 1 is 1.22 bits per heavy atom. The van der Waals surface area contributed by atoms with Crippen LogP contribution in [0.15, 0.2) is 36.7 Å². The molecule has 190 valence electrons. The standard InChI is InChI=1S/C28H31N7O2/c1-3-33-11-10-23(33)28(36)34-15-19(16-34)35-14-18(13-29-35)25-27-22(31-32-25)12-24(37-2)26(30-27)21-9-5-7-17-6-4-8-20(17)21/h5,7,9,12-14,19,23H,3-4,6,8,10-11,15-16H2,1-2H3,(H,31,32). The van der Waals surface area contributed by atoms with E-state index in [0.29, 0.717) is 13.1 Å². The Morgan fingerprint density at radius 3 is 2.89 bits per heavy atom. The fraction of sp³-hybridized carbons (Fsp3) is 0.429. The number of carbonyl (C=O) groups excluding carboxylic acids is 1. The van der Waals surface area contributed by atoms with E-state index >= 15 is 0 Å². The number of benzene rings is 1. The quantitative estimate of drug-likeness (QED) is 0.439. The molecule has 2 saturated heterocycles. The van der Waals surface area contributed by atoms with E-state index in [9.17, 15) is 4.79 Å². The molecule has 2 aliphatic heterocycles. The van der Waals surface area contributed by atoms with E-state index in [0.717, 1.165) is 71.6 Å². The second-order valence-corrected chi connectivity index (χ2v) is 10.3. The third-order valence-corrected chi connectivity index (χ3v) is 8.37. The first kappa shape index (κ1) is 22.5. The summed E-state index contributed by atoms with van der Waals surface area (Å²) in [5, 5.41) is 12.4. The molecule has 5 heterocycles. The van der Waals surface area contributed by atoms with Crippen molar-refractivity contribution in [1.82, 2.24) is 34.8 Å². The van der Waals surface area contributed by atoms with Gasteiger partial charge in [0.25, 0.3) is 0 Å². The van der Waals surface area contributed by atoms with Crippen molar-refractivity contribution < 1.29 is 9.53 Å². The summed E-state index contributed by atoms with van der Waals surface area (Å²) in [5.41, 5.74) is 8.10. The normalized spacial score (nSPS) is 19.6. The van der Waals surface area contributed by atoms with Crippen LogP contribution < -0.4 is 4.74 Å². The Balaban J connectivity index is 1.16. The molecule has 1 atom stereocenters. The zero-order valence-corrected chi connectivity index (χ0v) is 21.3. The van der Waals surface area contributed by atoms with Gasteiger partial charge >= 0.3 is 0 Å². The van der Waals surface area contributed by atoms with E-state index in [1.54, 1.807) is 7.11 Å². The lowest BCUT2D eigenvalue weighted by Gasteiger charge is -2.46. The van der Waals surface area contributed by atoms with Crippen molar-refractivity contribution in [3.63, 3.8) is 0 Å². The number of likely N-dealkylation sites (N-methyl/N-ethyl adjacent to an activating group) is 1. The second kappa shape index (κ2) is 8.69. The van der Waals surface area contributed by atoms with E-state index < -0.39 is 0 Å². The third kappa shape index (κ3) is 3.55. The van der Waals surface area contributed by atoms with Crippen molar-refractivity contribution in [2.24, 2.45) is 0 Å². The van der Waals surface area contributed by atoms with Crippen molar-refractivity contribution >= 4 is 16.9 Å².